The molecule has 0 atom stereocenters. The summed E-state index contributed by atoms with van der Waals surface area (Å²) in [5.74, 6) is -5.41. The lowest BCUT2D eigenvalue weighted by molar-refractivity contribution is -0.142. The second-order valence-electron chi connectivity index (χ2n) is 6.91. The number of benzene rings is 2. The standard InChI is InChI=1S/C22H22F4O3S/c1-2-28-18(27)11-12-30-17-10-8-15(20(24)22(17)26)14-7-9-16(21(25)19(14)23)29-13-5-3-4-6-13/h7-10,13H,2-6,11-12H2,1H3. The van der Waals surface area contributed by atoms with Gasteiger partial charge in [0.15, 0.2) is 23.2 Å². The molecule has 0 spiro atoms. The predicted octanol–water partition coefficient (Wildman–Crippen LogP) is 6.28. The molecule has 0 bridgehead atoms. The molecular weight excluding hydrogens is 420 g/mol. The normalized spacial score (nSPS) is 14.2. The molecule has 0 heterocycles. The van der Waals surface area contributed by atoms with Gasteiger partial charge in [0.25, 0.3) is 0 Å². The monoisotopic (exact) mass is 442 g/mol. The van der Waals surface area contributed by atoms with E-state index in [0.717, 1.165) is 37.4 Å². The number of ether oxygens (including phenoxy) is 2. The Hall–Kier alpha value is -2.22. The lowest BCUT2D eigenvalue weighted by atomic mass is 10.0. The van der Waals surface area contributed by atoms with Crippen molar-refractivity contribution in [2.45, 2.75) is 50.0 Å². The number of hydrogen-bond acceptors (Lipinski definition) is 4. The Kier molecular flexibility index (Phi) is 7.64. The number of carbonyl (C=O) groups excluding carboxylic acids is 1. The maximum atomic E-state index is 14.6. The van der Waals surface area contributed by atoms with Gasteiger partial charge in [0.2, 0.25) is 5.82 Å². The third kappa shape index (κ3) is 5.09. The summed E-state index contributed by atoms with van der Waals surface area (Å²) in [4.78, 5) is 11.3. The molecule has 0 radical (unpaired) electrons. The molecule has 1 saturated carbocycles. The minimum atomic E-state index is -1.29. The van der Waals surface area contributed by atoms with E-state index in [0.29, 0.717) is 0 Å². The first-order valence-corrected chi connectivity index (χ1v) is 10.8. The number of halogens is 4. The zero-order valence-electron chi connectivity index (χ0n) is 16.5. The average Bonchev–Trinajstić information content (AvgIpc) is 3.23. The fraction of sp³-hybridized carbons (Fsp3) is 0.409. The Morgan fingerprint density at radius 3 is 2.27 bits per heavy atom. The van der Waals surface area contributed by atoms with Gasteiger partial charge in [-0.1, -0.05) is 0 Å². The molecule has 0 unspecified atom stereocenters. The SMILES string of the molecule is CCOC(=O)CCSc1ccc(-c2ccc(OC3CCCC3)c(F)c2F)c(F)c1F. The molecule has 3 rings (SSSR count). The van der Waals surface area contributed by atoms with E-state index in [1.54, 1.807) is 6.92 Å². The van der Waals surface area contributed by atoms with Crippen molar-refractivity contribution < 1.29 is 31.8 Å². The molecule has 0 N–H and O–H groups in total. The van der Waals surface area contributed by atoms with Crippen LogP contribution >= 0.6 is 11.8 Å². The summed E-state index contributed by atoms with van der Waals surface area (Å²) in [5, 5.41) is 0. The van der Waals surface area contributed by atoms with Crippen LogP contribution in [-0.2, 0) is 9.53 Å². The maximum Gasteiger partial charge on any atom is 0.306 e. The lowest BCUT2D eigenvalue weighted by Crippen LogP contribution is -2.12. The first kappa shape index (κ1) is 22.5. The number of thioether (sulfide) groups is 1. The van der Waals surface area contributed by atoms with Gasteiger partial charge in [0, 0.05) is 21.8 Å². The van der Waals surface area contributed by atoms with E-state index >= 15 is 0 Å². The van der Waals surface area contributed by atoms with Gasteiger partial charge in [0.05, 0.1) is 19.1 Å². The van der Waals surface area contributed by atoms with Crippen LogP contribution in [0.1, 0.15) is 39.0 Å². The Bertz CT molecular complexity index is 914. The van der Waals surface area contributed by atoms with Crippen molar-refractivity contribution in [3.63, 3.8) is 0 Å². The van der Waals surface area contributed by atoms with E-state index in [4.69, 9.17) is 9.47 Å². The fourth-order valence-electron chi connectivity index (χ4n) is 3.35. The van der Waals surface area contributed by atoms with Crippen molar-refractivity contribution in [2.75, 3.05) is 12.4 Å². The molecule has 3 nitrogen and oxygen atoms in total. The van der Waals surface area contributed by atoms with Gasteiger partial charge < -0.3 is 9.47 Å². The molecule has 0 saturated heterocycles. The van der Waals surface area contributed by atoms with Gasteiger partial charge in [-0.2, -0.15) is 4.39 Å². The summed E-state index contributed by atoms with van der Waals surface area (Å²) in [6, 6.07) is 4.91. The van der Waals surface area contributed by atoms with E-state index in [-0.39, 0.29) is 46.7 Å². The van der Waals surface area contributed by atoms with Crippen molar-refractivity contribution >= 4 is 17.7 Å². The predicted molar refractivity (Wildman–Crippen MR) is 107 cm³/mol. The van der Waals surface area contributed by atoms with Crippen molar-refractivity contribution in [2.24, 2.45) is 0 Å². The van der Waals surface area contributed by atoms with E-state index in [2.05, 4.69) is 0 Å². The van der Waals surface area contributed by atoms with Gasteiger partial charge >= 0.3 is 5.97 Å². The number of rotatable bonds is 8. The quantitative estimate of drug-likeness (QED) is 0.274. The van der Waals surface area contributed by atoms with Gasteiger partial charge in [-0.15, -0.1) is 11.8 Å². The van der Waals surface area contributed by atoms with E-state index < -0.39 is 29.2 Å². The molecule has 0 amide bonds. The van der Waals surface area contributed by atoms with Crippen LogP contribution in [0.5, 0.6) is 5.75 Å². The smallest absolute Gasteiger partial charge is 0.306 e. The summed E-state index contributed by atoms with van der Waals surface area (Å²) in [7, 11) is 0. The third-order valence-corrected chi connectivity index (χ3v) is 5.88. The molecule has 1 aliphatic carbocycles. The molecule has 2 aromatic rings. The fourth-order valence-corrected chi connectivity index (χ4v) is 4.21. The highest BCUT2D eigenvalue weighted by Crippen LogP contribution is 2.36. The topological polar surface area (TPSA) is 35.5 Å². The molecule has 0 aliphatic heterocycles. The van der Waals surface area contributed by atoms with Crippen molar-refractivity contribution in [1.29, 1.82) is 0 Å². The zero-order valence-corrected chi connectivity index (χ0v) is 17.3. The summed E-state index contributed by atoms with van der Waals surface area (Å²) >= 11 is 0.943. The third-order valence-electron chi connectivity index (χ3n) is 4.85. The number of esters is 1. The average molecular weight is 442 g/mol. The Morgan fingerprint density at radius 1 is 0.967 bits per heavy atom. The second-order valence-corrected chi connectivity index (χ2v) is 8.04. The Balaban J connectivity index is 1.77. The number of carbonyl (C=O) groups is 1. The summed E-state index contributed by atoms with van der Waals surface area (Å²) < 4.78 is 68.4. The minimum Gasteiger partial charge on any atom is -0.487 e. The Morgan fingerprint density at radius 2 is 1.60 bits per heavy atom. The highest BCUT2D eigenvalue weighted by atomic mass is 32.2. The molecular formula is C22H22F4O3S. The molecule has 1 fully saturated rings. The van der Waals surface area contributed by atoms with Crippen LogP contribution in [0, 0.1) is 23.3 Å². The van der Waals surface area contributed by atoms with E-state index in [1.165, 1.54) is 24.3 Å². The summed E-state index contributed by atoms with van der Waals surface area (Å²) in [6.07, 6.45) is 3.38. The first-order valence-electron chi connectivity index (χ1n) is 9.83. The second kappa shape index (κ2) is 10.2. The van der Waals surface area contributed by atoms with Gasteiger partial charge in [-0.25, -0.2) is 13.2 Å². The van der Waals surface area contributed by atoms with Gasteiger partial charge in [0.1, 0.15) is 0 Å². The highest BCUT2D eigenvalue weighted by molar-refractivity contribution is 7.99. The largest absolute Gasteiger partial charge is 0.487 e. The van der Waals surface area contributed by atoms with E-state index in [1.807, 2.05) is 0 Å². The van der Waals surface area contributed by atoms with Crippen molar-refractivity contribution in [3.8, 4) is 16.9 Å². The van der Waals surface area contributed by atoms with E-state index in [9.17, 15) is 22.4 Å². The molecule has 162 valence electrons. The highest BCUT2D eigenvalue weighted by Gasteiger charge is 2.24. The maximum absolute atomic E-state index is 14.6. The molecule has 2 aromatic carbocycles. The first-order chi connectivity index (χ1) is 14.4. The number of hydrogen-bond donors (Lipinski definition) is 0. The van der Waals surface area contributed by atoms with Crippen LogP contribution in [0.2, 0.25) is 0 Å². The van der Waals surface area contributed by atoms with Crippen molar-refractivity contribution in [1.82, 2.24) is 0 Å². The van der Waals surface area contributed by atoms with Crippen molar-refractivity contribution in [3.05, 3.63) is 47.5 Å². The van der Waals surface area contributed by atoms with Crippen LogP contribution in [0.25, 0.3) is 11.1 Å². The van der Waals surface area contributed by atoms with Crippen LogP contribution < -0.4 is 4.74 Å². The lowest BCUT2D eigenvalue weighted by Gasteiger charge is -2.15. The molecule has 1 aliphatic rings. The van der Waals surface area contributed by atoms with Crippen LogP contribution in [0.4, 0.5) is 17.6 Å². The molecule has 30 heavy (non-hydrogen) atoms. The minimum absolute atomic E-state index is 0.0254. The van der Waals surface area contributed by atoms with Gasteiger partial charge in [-0.3, -0.25) is 4.79 Å². The molecule has 8 heteroatoms. The van der Waals surface area contributed by atoms with Crippen LogP contribution in [0.15, 0.2) is 29.2 Å². The molecule has 0 aromatic heterocycles. The van der Waals surface area contributed by atoms with Crippen LogP contribution in [-0.4, -0.2) is 24.4 Å². The van der Waals surface area contributed by atoms with Gasteiger partial charge in [-0.05, 0) is 56.9 Å². The zero-order chi connectivity index (χ0) is 21.7. The Labute approximate surface area is 176 Å². The van der Waals surface area contributed by atoms with Crippen LogP contribution in [0.3, 0.4) is 0 Å². The summed E-state index contributed by atoms with van der Waals surface area (Å²) in [5.41, 5.74) is -0.767. The summed E-state index contributed by atoms with van der Waals surface area (Å²) in [6.45, 7) is 1.92.